The van der Waals surface area contributed by atoms with E-state index in [4.69, 9.17) is 4.74 Å². The van der Waals surface area contributed by atoms with Crippen molar-refractivity contribution in [3.8, 4) is 0 Å². The molecule has 5 rings (SSSR count). The summed E-state index contributed by atoms with van der Waals surface area (Å²) in [6.45, 7) is 1.85. The number of nitrogens with zero attached hydrogens (tertiary/aromatic N) is 4. The Kier molecular flexibility index (Phi) is 10.4. The van der Waals surface area contributed by atoms with Gasteiger partial charge in [0, 0.05) is 5.75 Å². The molecule has 0 spiro atoms. The van der Waals surface area contributed by atoms with E-state index in [1.54, 1.807) is 11.5 Å². The van der Waals surface area contributed by atoms with Gasteiger partial charge in [0.15, 0.2) is 16.2 Å². The molecule has 2 aliphatic rings. The summed E-state index contributed by atoms with van der Waals surface area (Å²) in [5.74, 6) is -2.69. The van der Waals surface area contributed by atoms with Gasteiger partial charge in [0.1, 0.15) is 22.1 Å². The third-order valence-electron chi connectivity index (χ3n) is 6.65. The van der Waals surface area contributed by atoms with Crippen molar-refractivity contribution in [1.82, 2.24) is 20.4 Å². The van der Waals surface area contributed by atoms with E-state index in [9.17, 15) is 24.1 Å². The number of benzene rings is 2. The fourth-order valence-corrected chi connectivity index (χ4v) is 7.76. The first kappa shape index (κ1) is 31.8. The zero-order valence-corrected chi connectivity index (χ0v) is 27.0. The topological polar surface area (TPSA) is 148 Å². The average Bonchev–Trinajstić information content (AvgIpc) is 3.47. The Morgan fingerprint density at radius 3 is 2.36 bits per heavy atom. The number of amides is 2. The molecule has 0 radical (unpaired) electrons. The van der Waals surface area contributed by atoms with Gasteiger partial charge < -0.3 is 10.1 Å². The van der Waals surface area contributed by atoms with Gasteiger partial charge in [-0.3, -0.25) is 19.3 Å². The summed E-state index contributed by atoms with van der Waals surface area (Å²) in [6.07, 6.45) is 0.984. The lowest BCUT2D eigenvalue weighted by molar-refractivity contribution is -0.154. The fraction of sp³-hybridized carbons (Fsp3) is 0.241. The monoisotopic (exact) mass is 713 g/mol. The third kappa shape index (κ3) is 6.85. The molecular formula is C29H24BrN5O6S3. The number of β-lactam (4-membered cyclic amide) rings is 1. The van der Waals surface area contributed by atoms with E-state index in [0.29, 0.717) is 11.3 Å². The average molecular weight is 715 g/mol. The van der Waals surface area contributed by atoms with Gasteiger partial charge in [0.25, 0.3) is 11.8 Å². The molecular weight excluding hydrogens is 690 g/mol. The summed E-state index contributed by atoms with van der Waals surface area (Å²) in [6, 6.07) is 15.7. The van der Waals surface area contributed by atoms with Crippen LogP contribution in [-0.2, 0) is 23.9 Å². The van der Waals surface area contributed by atoms with Crippen LogP contribution >= 0.6 is 50.8 Å². The number of thioether (sulfide) groups is 2. The molecule has 0 aliphatic carbocycles. The predicted molar refractivity (Wildman–Crippen MR) is 171 cm³/mol. The summed E-state index contributed by atoms with van der Waals surface area (Å²) in [5.41, 5.74) is 2.09. The maximum atomic E-state index is 14.0. The first-order valence-corrected chi connectivity index (χ1v) is 17.0. The maximum absolute atomic E-state index is 14.0. The van der Waals surface area contributed by atoms with Crippen LogP contribution in [0.5, 0.6) is 0 Å². The summed E-state index contributed by atoms with van der Waals surface area (Å²) in [4.78, 5) is 64.6. The SMILES string of the molecule is Cc1nnc(SC=CC2=C(C(=O)OC(c3ccccc3)c3ccccc3)N3C(=O)C(NC(=O)C(N=O)C(=O)CBr)C3SC2)s1. The number of alkyl halides is 1. The van der Waals surface area contributed by atoms with Crippen molar-refractivity contribution in [3.05, 3.63) is 104 Å². The lowest BCUT2D eigenvalue weighted by atomic mass is 10.0. The summed E-state index contributed by atoms with van der Waals surface area (Å²) >= 11 is 7.01. The minimum absolute atomic E-state index is 0.0491. The number of rotatable bonds is 12. The van der Waals surface area contributed by atoms with Crippen LogP contribution in [0.2, 0.25) is 0 Å². The first-order valence-electron chi connectivity index (χ1n) is 13.2. The molecule has 44 heavy (non-hydrogen) atoms. The Bertz CT molecular complexity index is 1590. The molecule has 1 fully saturated rings. The minimum Gasteiger partial charge on any atom is -0.448 e. The maximum Gasteiger partial charge on any atom is 0.356 e. The fourth-order valence-electron chi connectivity index (χ4n) is 4.57. The van der Waals surface area contributed by atoms with Crippen molar-refractivity contribution in [1.29, 1.82) is 0 Å². The van der Waals surface area contributed by atoms with Crippen LogP contribution < -0.4 is 5.32 Å². The van der Waals surface area contributed by atoms with Crippen LogP contribution in [0.1, 0.15) is 22.2 Å². The smallest absolute Gasteiger partial charge is 0.356 e. The molecule has 15 heteroatoms. The van der Waals surface area contributed by atoms with Gasteiger partial charge in [-0.1, -0.05) is 99.7 Å². The van der Waals surface area contributed by atoms with E-state index in [2.05, 4.69) is 36.6 Å². The number of aryl methyl sites for hydroxylation is 1. The van der Waals surface area contributed by atoms with Gasteiger partial charge in [-0.25, -0.2) is 4.79 Å². The second kappa shape index (κ2) is 14.4. The Labute approximate surface area is 273 Å². The third-order valence-corrected chi connectivity index (χ3v) is 10.2. The lowest BCUT2D eigenvalue weighted by Crippen LogP contribution is -2.71. The quantitative estimate of drug-likeness (QED) is 0.0709. The van der Waals surface area contributed by atoms with E-state index < -0.39 is 47.1 Å². The number of fused-ring (bicyclic) bond motifs is 1. The van der Waals surface area contributed by atoms with Crippen molar-refractivity contribution in [3.63, 3.8) is 0 Å². The summed E-state index contributed by atoms with van der Waals surface area (Å²) in [5, 5.41) is 14.9. The molecule has 0 saturated carbocycles. The van der Waals surface area contributed by atoms with E-state index >= 15 is 0 Å². The number of aromatic nitrogens is 2. The molecule has 3 atom stereocenters. The van der Waals surface area contributed by atoms with Crippen LogP contribution in [-0.4, -0.2) is 67.2 Å². The van der Waals surface area contributed by atoms with E-state index in [1.807, 2.05) is 67.6 Å². The van der Waals surface area contributed by atoms with Gasteiger partial charge in [0.2, 0.25) is 6.04 Å². The molecule has 226 valence electrons. The van der Waals surface area contributed by atoms with Crippen LogP contribution in [0, 0.1) is 11.8 Å². The molecule has 1 N–H and O–H groups in total. The van der Waals surface area contributed by atoms with Crippen molar-refractivity contribution < 1.29 is 23.9 Å². The summed E-state index contributed by atoms with van der Waals surface area (Å²) < 4.78 is 6.84. The Balaban J connectivity index is 1.45. The number of nitrogens with one attached hydrogen (secondary N) is 1. The predicted octanol–water partition coefficient (Wildman–Crippen LogP) is 4.54. The van der Waals surface area contributed by atoms with Crippen molar-refractivity contribution in [2.24, 2.45) is 5.18 Å². The van der Waals surface area contributed by atoms with Crippen molar-refractivity contribution in [2.75, 3.05) is 11.1 Å². The van der Waals surface area contributed by atoms with Crippen LogP contribution in [0.25, 0.3) is 0 Å². The second-order valence-corrected chi connectivity index (χ2v) is 13.5. The largest absolute Gasteiger partial charge is 0.448 e. The molecule has 1 saturated heterocycles. The zero-order valence-electron chi connectivity index (χ0n) is 23.0. The highest BCUT2D eigenvalue weighted by Crippen LogP contribution is 2.42. The molecule has 3 unspecified atom stereocenters. The molecule has 11 nitrogen and oxygen atoms in total. The van der Waals surface area contributed by atoms with Gasteiger partial charge in [-0.15, -0.1) is 26.9 Å². The van der Waals surface area contributed by atoms with Crippen LogP contribution in [0.4, 0.5) is 0 Å². The van der Waals surface area contributed by atoms with E-state index in [0.717, 1.165) is 20.5 Å². The second-order valence-electron chi connectivity index (χ2n) is 9.49. The number of Topliss-reactive ketones (excluding diaryl/α,β-unsaturated/α-hetero) is 1. The molecule has 2 aliphatic heterocycles. The van der Waals surface area contributed by atoms with Crippen molar-refractivity contribution in [2.45, 2.75) is 34.8 Å². The van der Waals surface area contributed by atoms with Crippen molar-refractivity contribution >= 4 is 74.4 Å². The summed E-state index contributed by atoms with van der Waals surface area (Å²) in [7, 11) is 0. The molecule has 3 aromatic rings. The number of esters is 1. The Morgan fingerprint density at radius 1 is 1.14 bits per heavy atom. The molecule has 2 amide bonds. The molecule has 1 aromatic heterocycles. The number of carbonyl (C=O) groups excluding carboxylic acids is 4. The van der Waals surface area contributed by atoms with E-state index in [-0.39, 0.29) is 11.0 Å². The Morgan fingerprint density at radius 2 is 1.80 bits per heavy atom. The normalized spacial score (nSPS) is 18.5. The number of allylic oxidation sites excluding steroid dienone is 1. The zero-order chi connectivity index (χ0) is 31.2. The number of carbonyl (C=O) groups is 4. The standard InChI is InChI=1S/C29H24BrN5O6S3/c1-16-32-33-29(44-16)42-13-12-19-15-43-27-22(31-25(37)21(34-40)20(36)14-30)26(38)35(27)23(19)28(39)41-24(17-8-4-2-5-9-17)18-10-6-3-7-11-18/h2-13,21-22,24,27H,14-15H2,1H3,(H,31,37). The van der Waals surface area contributed by atoms with Gasteiger partial charge >= 0.3 is 5.97 Å². The van der Waals surface area contributed by atoms with Gasteiger partial charge in [-0.2, -0.15) is 0 Å². The number of halogens is 1. The number of ether oxygens (including phenoxy) is 1. The number of hydrogen-bond acceptors (Lipinski definition) is 12. The van der Waals surface area contributed by atoms with Gasteiger partial charge in [-0.05, 0) is 40.3 Å². The van der Waals surface area contributed by atoms with Gasteiger partial charge in [0.05, 0.1) is 5.33 Å². The number of nitroso groups, excluding NO2 is 1. The minimum atomic E-state index is -1.79. The Hall–Kier alpha value is -3.66. The van der Waals surface area contributed by atoms with Crippen LogP contribution in [0.3, 0.4) is 0 Å². The lowest BCUT2D eigenvalue weighted by Gasteiger charge is -2.49. The number of hydrogen-bond donors (Lipinski definition) is 1. The highest BCUT2D eigenvalue weighted by Gasteiger charge is 2.55. The highest BCUT2D eigenvalue weighted by molar-refractivity contribution is 9.09. The molecule has 0 bridgehead atoms. The van der Waals surface area contributed by atoms with E-state index in [1.165, 1.54) is 39.8 Å². The molecule has 2 aromatic carbocycles. The first-order chi connectivity index (χ1) is 21.3. The highest BCUT2D eigenvalue weighted by atomic mass is 79.9. The number of ketones is 1. The van der Waals surface area contributed by atoms with Crippen LogP contribution in [0.15, 0.2) is 92.9 Å². The molecule has 3 heterocycles.